The van der Waals surface area contributed by atoms with Gasteiger partial charge >= 0.3 is 11.9 Å². The Morgan fingerprint density at radius 1 is 1.09 bits per heavy atom. The summed E-state index contributed by atoms with van der Waals surface area (Å²) in [5, 5.41) is 23.8. The van der Waals surface area contributed by atoms with Gasteiger partial charge < -0.3 is 25.6 Å². The van der Waals surface area contributed by atoms with Crippen molar-refractivity contribution in [3.05, 3.63) is 29.3 Å². The first-order chi connectivity index (χ1) is 15.2. The Morgan fingerprint density at radius 3 is 2.53 bits per heavy atom. The molecule has 0 spiro atoms. The van der Waals surface area contributed by atoms with Crippen LogP contribution in [-0.2, 0) is 41.6 Å². The Kier molecular flexibility index (Phi) is 5.83. The van der Waals surface area contributed by atoms with Gasteiger partial charge in [0.05, 0.1) is 18.5 Å². The number of para-hydroxylation sites is 1. The zero-order valence-electron chi connectivity index (χ0n) is 17.1. The van der Waals surface area contributed by atoms with Crippen LogP contribution in [0.4, 0.5) is 5.69 Å². The van der Waals surface area contributed by atoms with E-state index in [2.05, 4.69) is 15.4 Å². The van der Waals surface area contributed by atoms with Crippen molar-refractivity contribution in [2.75, 3.05) is 4.90 Å². The van der Waals surface area contributed by atoms with Crippen LogP contribution in [0.25, 0.3) is 0 Å². The normalized spacial score (nSPS) is 26.2. The number of hydrogen-bond donors (Lipinski definition) is 4. The van der Waals surface area contributed by atoms with Crippen molar-refractivity contribution in [1.29, 1.82) is 0 Å². The van der Waals surface area contributed by atoms with Crippen molar-refractivity contribution in [3.8, 4) is 0 Å². The standard InChI is InChI=1S/C21H23N3O8/c25-15(6-7-16(26)27)22-12-5-4-10-2-1-3-11-8-14(24(18(10)11)20(12)30)19(29)23-13-9-17(28)32-21(13)31/h1-3,12-14,21,31H,4-9H2,(H,22,25)(H,23,29)(H,26,27)/t12-,13-,14?,21?/m0/s1. The average Bonchev–Trinajstić information content (AvgIpc) is 3.24. The summed E-state index contributed by atoms with van der Waals surface area (Å²) >= 11 is 0. The minimum absolute atomic E-state index is 0.173. The first kappa shape index (κ1) is 21.8. The SMILES string of the molecule is O=C(O)CCC(=O)N[C@H]1CCc2cccc3c2N(C1=O)C(C(=O)N[C@H]1CC(=O)OC1O)C3. The highest BCUT2D eigenvalue weighted by atomic mass is 16.6. The molecule has 1 fully saturated rings. The van der Waals surface area contributed by atoms with Gasteiger partial charge in [0.25, 0.3) is 0 Å². The van der Waals surface area contributed by atoms with Gasteiger partial charge in [-0.15, -0.1) is 0 Å². The van der Waals surface area contributed by atoms with Crippen molar-refractivity contribution < 1.29 is 38.9 Å². The fourth-order valence-corrected chi connectivity index (χ4v) is 4.41. The summed E-state index contributed by atoms with van der Waals surface area (Å²) in [7, 11) is 0. The molecule has 11 heteroatoms. The highest BCUT2D eigenvalue weighted by Gasteiger charge is 2.45. The third kappa shape index (κ3) is 4.15. The number of carboxylic acid groups (broad SMARTS) is 1. The molecule has 0 radical (unpaired) electrons. The number of hydrogen-bond acceptors (Lipinski definition) is 7. The molecule has 32 heavy (non-hydrogen) atoms. The Morgan fingerprint density at radius 2 is 1.84 bits per heavy atom. The second kappa shape index (κ2) is 8.58. The monoisotopic (exact) mass is 445 g/mol. The zero-order chi connectivity index (χ0) is 23.0. The summed E-state index contributed by atoms with van der Waals surface area (Å²) in [6.45, 7) is 0. The van der Waals surface area contributed by atoms with Crippen molar-refractivity contribution in [1.82, 2.24) is 10.6 Å². The minimum atomic E-state index is -1.45. The fraction of sp³-hybridized carbons (Fsp3) is 0.476. The van der Waals surface area contributed by atoms with Crippen LogP contribution in [0.3, 0.4) is 0 Å². The number of aliphatic hydroxyl groups excluding tert-OH is 1. The van der Waals surface area contributed by atoms with Crippen LogP contribution in [0.15, 0.2) is 18.2 Å². The van der Waals surface area contributed by atoms with Crippen LogP contribution in [-0.4, -0.2) is 64.3 Å². The number of cyclic esters (lactones) is 1. The van der Waals surface area contributed by atoms with E-state index in [0.29, 0.717) is 18.5 Å². The molecule has 3 heterocycles. The Labute approximate surface area is 182 Å². The summed E-state index contributed by atoms with van der Waals surface area (Å²) in [6.07, 6.45) is -1.18. The lowest BCUT2D eigenvalue weighted by molar-refractivity contribution is -0.155. The molecule has 3 aliphatic heterocycles. The molecule has 11 nitrogen and oxygen atoms in total. The molecule has 0 saturated carbocycles. The van der Waals surface area contributed by atoms with Gasteiger partial charge in [0, 0.05) is 12.8 Å². The molecular formula is C21H23N3O8. The Hall–Kier alpha value is -3.47. The van der Waals surface area contributed by atoms with Crippen molar-refractivity contribution >= 4 is 35.3 Å². The summed E-state index contributed by atoms with van der Waals surface area (Å²) in [5.41, 5.74) is 2.32. The number of benzene rings is 1. The van der Waals surface area contributed by atoms with Gasteiger partial charge in [-0.1, -0.05) is 18.2 Å². The molecule has 0 aromatic heterocycles. The average molecular weight is 445 g/mol. The van der Waals surface area contributed by atoms with Crippen LogP contribution in [0, 0.1) is 0 Å². The number of nitrogens with zero attached hydrogens (tertiary/aromatic N) is 1. The predicted octanol–water partition coefficient (Wildman–Crippen LogP) is -1.01. The number of anilines is 1. The summed E-state index contributed by atoms with van der Waals surface area (Å²) in [4.78, 5) is 62.1. The number of nitrogens with one attached hydrogen (secondary N) is 2. The van der Waals surface area contributed by atoms with E-state index < -0.39 is 54.1 Å². The molecule has 0 bridgehead atoms. The lowest BCUT2D eigenvalue weighted by atomic mass is 10.0. The predicted molar refractivity (Wildman–Crippen MR) is 107 cm³/mol. The van der Waals surface area contributed by atoms with Crippen LogP contribution < -0.4 is 15.5 Å². The number of carbonyl (C=O) groups excluding carboxylic acids is 4. The quantitative estimate of drug-likeness (QED) is 0.405. The van der Waals surface area contributed by atoms with Crippen molar-refractivity contribution in [2.24, 2.45) is 0 Å². The van der Waals surface area contributed by atoms with Gasteiger partial charge in [-0.25, -0.2) is 0 Å². The first-order valence-corrected chi connectivity index (χ1v) is 10.4. The molecule has 0 aliphatic carbocycles. The highest BCUT2D eigenvalue weighted by molar-refractivity contribution is 6.08. The van der Waals surface area contributed by atoms with E-state index in [9.17, 15) is 29.1 Å². The van der Waals surface area contributed by atoms with Gasteiger partial charge in [-0.05, 0) is 24.0 Å². The maximum atomic E-state index is 13.4. The van der Waals surface area contributed by atoms with Crippen LogP contribution in [0.2, 0.25) is 0 Å². The molecule has 3 amide bonds. The smallest absolute Gasteiger partial charge is 0.310 e. The Balaban J connectivity index is 1.55. The number of carboxylic acids is 1. The lowest BCUT2D eigenvalue weighted by Crippen LogP contribution is -2.56. The van der Waals surface area contributed by atoms with E-state index in [0.717, 1.165) is 11.1 Å². The van der Waals surface area contributed by atoms with Gasteiger partial charge in [0.1, 0.15) is 18.1 Å². The number of aliphatic hydroxyl groups is 1. The number of aliphatic carboxylic acids is 1. The molecule has 1 aromatic rings. The van der Waals surface area contributed by atoms with Gasteiger partial charge in [0.15, 0.2) is 0 Å². The van der Waals surface area contributed by atoms with E-state index >= 15 is 0 Å². The second-order valence-corrected chi connectivity index (χ2v) is 8.11. The number of rotatable bonds is 6. The molecule has 4 atom stereocenters. The van der Waals surface area contributed by atoms with E-state index in [1.807, 2.05) is 18.2 Å². The van der Waals surface area contributed by atoms with Crippen molar-refractivity contribution in [3.63, 3.8) is 0 Å². The third-order valence-electron chi connectivity index (χ3n) is 5.92. The lowest BCUT2D eigenvalue weighted by Gasteiger charge is -2.28. The van der Waals surface area contributed by atoms with Gasteiger partial charge in [-0.2, -0.15) is 0 Å². The van der Waals surface area contributed by atoms with Crippen LogP contribution in [0.1, 0.15) is 36.8 Å². The van der Waals surface area contributed by atoms with E-state index in [1.165, 1.54) is 4.90 Å². The molecule has 2 unspecified atom stereocenters. The fourth-order valence-electron chi connectivity index (χ4n) is 4.41. The molecule has 4 N–H and O–H groups in total. The number of aryl methyl sites for hydroxylation is 1. The molecule has 1 saturated heterocycles. The number of carbonyl (C=O) groups is 5. The third-order valence-corrected chi connectivity index (χ3v) is 5.92. The summed E-state index contributed by atoms with van der Waals surface area (Å²) < 4.78 is 4.66. The minimum Gasteiger partial charge on any atom is -0.481 e. The van der Waals surface area contributed by atoms with Gasteiger partial charge in [0.2, 0.25) is 24.0 Å². The van der Waals surface area contributed by atoms with E-state index in [-0.39, 0.29) is 25.7 Å². The zero-order valence-corrected chi connectivity index (χ0v) is 17.1. The molecule has 3 aliphatic rings. The summed E-state index contributed by atoms with van der Waals surface area (Å²) in [6, 6.07) is 2.80. The van der Waals surface area contributed by atoms with Crippen LogP contribution >= 0.6 is 0 Å². The topological polar surface area (TPSA) is 162 Å². The largest absolute Gasteiger partial charge is 0.481 e. The Bertz CT molecular complexity index is 993. The first-order valence-electron chi connectivity index (χ1n) is 10.4. The van der Waals surface area contributed by atoms with Crippen LogP contribution in [0.5, 0.6) is 0 Å². The second-order valence-electron chi connectivity index (χ2n) is 8.11. The van der Waals surface area contributed by atoms with Crippen molar-refractivity contribution in [2.45, 2.75) is 62.9 Å². The van der Waals surface area contributed by atoms with Gasteiger partial charge in [-0.3, -0.25) is 28.9 Å². The number of ether oxygens (including phenoxy) is 1. The molecule has 1 aromatic carbocycles. The van der Waals surface area contributed by atoms with E-state index in [1.54, 1.807) is 0 Å². The number of esters is 1. The molecular weight excluding hydrogens is 422 g/mol. The maximum absolute atomic E-state index is 13.4. The molecule has 170 valence electrons. The highest BCUT2D eigenvalue weighted by Crippen LogP contribution is 2.39. The molecule has 4 rings (SSSR count). The van der Waals surface area contributed by atoms with E-state index in [4.69, 9.17) is 5.11 Å². The number of amides is 3. The maximum Gasteiger partial charge on any atom is 0.310 e. The summed E-state index contributed by atoms with van der Waals surface area (Å²) in [5.74, 6) is -3.30.